The van der Waals surface area contributed by atoms with Crippen LogP contribution in [0.25, 0.3) is 0 Å². The van der Waals surface area contributed by atoms with Gasteiger partial charge in [0.15, 0.2) is 0 Å². The molecule has 0 aliphatic heterocycles. The van der Waals surface area contributed by atoms with Crippen LogP contribution in [-0.4, -0.2) is 28.5 Å². The Bertz CT molecular complexity index is 735. The number of halogens is 3. The summed E-state index contributed by atoms with van der Waals surface area (Å²) in [5.74, 6) is -0.593. The Morgan fingerprint density at radius 3 is 2.42 bits per heavy atom. The number of non-ortho nitro benzene ring substituents is 1. The minimum Gasteiger partial charge on any atom is -0.477 e. The van der Waals surface area contributed by atoms with Crippen LogP contribution in [0.4, 0.5) is 30.5 Å². The molecule has 1 aromatic heterocycles. The molecule has 0 radical (unpaired) electrons. The van der Waals surface area contributed by atoms with Gasteiger partial charge in [0.2, 0.25) is 11.8 Å². The first-order valence-electron chi connectivity index (χ1n) is 6.79. The van der Waals surface area contributed by atoms with E-state index in [0.29, 0.717) is 11.9 Å². The molecule has 7 nitrogen and oxygen atoms in total. The number of alkyl halides is 3. The molecule has 0 N–H and O–H groups in total. The largest absolute Gasteiger partial charge is 0.477 e. The molecule has 0 aliphatic rings. The number of benzene rings is 1. The second-order valence-corrected chi connectivity index (χ2v) is 4.65. The van der Waals surface area contributed by atoms with Crippen molar-refractivity contribution in [3.05, 3.63) is 46.1 Å². The first-order valence-corrected chi connectivity index (χ1v) is 6.79. The van der Waals surface area contributed by atoms with Crippen LogP contribution in [0.5, 0.6) is 5.88 Å². The lowest BCUT2D eigenvalue weighted by molar-refractivity contribution is -0.384. The number of ether oxygens (including phenoxy) is 1. The van der Waals surface area contributed by atoms with Crippen LogP contribution in [0.15, 0.2) is 30.5 Å². The molecule has 0 saturated carbocycles. The summed E-state index contributed by atoms with van der Waals surface area (Å²) < 4.78 is 43.7. The fourth-order valence-electron chi connectivity index (χ4n) is 1.87. The number of hydrogen-bond donors (Lipinski definition) is 0. The summed E-state index contributed by atoms with van der Waals surface area (Å²) in [6.45, 7) is 1.56. The SMILES string of the molecule is CCOc1nc(N(C)c2ccc([N+](=O)[O-])cc2)ncc1C(F)(F)F. The highest BCUT2D eigenvalue weighted by molar-refractivity contribution is 5.58. The van der Waals surface area contributed by atoms with Crippen molar-refractivity contribution in [2.75, 3.05) is 18.6 Å². The van der Waals surface area contributed by atoms with Crippen molar-refractivity contribution >= 4 is 17.3 Å². The van der Waals surface area contributed by atoms with Gasteiger partial charge in [-0.05, 0) is 19.1 Å². The Balaban J connectivity index is 2.37. The molecule has 0 atom stereocenters. The standard InChI is InChI=1S/C14H13F3N4O3/c1-3-24-12-11(14(15,16)17)8-18-13(19-12)20(2)9-4-6-10(7-5-9)21(22)23/h4-8H,3H2,1-2H3. The van der Waals surface area contributed by atoms with Crippen molar-refractivity contribution in [1.29, 1.82) is 0 Å². The van der Waals surface area contributed by atoms with Gasteiger partial charge in [-0.2, -0.15) is 18.2 Å². The van der Waals surface area contributed by atoms with Gasteiger partial charge in [-0.15, -0.1) is 0 Å². The summed E-state index contributed by atoms with van der Waals surface area (Å²) in [5.41, 5.74) is -0.691. The van der Waals surface area contributed by atoms with Crippen molar-refractivity contribution in [3.8, 4) is 5.88 Å². The van der Waals surface area contributed by atoms with E-state index < -0.39 is 22.5 Å². The van der Waals surface area contributed by atoms with Gasteiger partial charge >= 0.3 is 6.18 Å². The van der Waals surface area contributed by atoms with Crippen molar-refractivity contribution in [1.82, 2.24) is 9.97 Å². The summed E-state index contributed by atoms with van der Waals surface area (Å²) in [5, 5.41) is 10.6. The zero-order valence-electron chi connectivity index (χ0n) is 12.7. The van der Waals surface area contributed by atoms with E-state index in [9.17, 15) is 23.3 Å². The third-order valence-electron chi connectivity index (χ3n) is 3.08. The second kappa shape index (κ2) is 6.69. The normalized spacial score (nSPS) is 11.2. The van der Waals surface area contributed by atoms with Crippen molar-refractivity contribution in [2.45, 2.75) is 13.1 Å². The number of hydrogen-bond acceptors (Lipinski definition) is 6. The maximum Gasteiger partial charge on any atom is 0.423 e. The van der Waals surface area contributed by atoms with Gasteiger partial charge in [0.05, 0.1) is 11.5 Å². The van der Waals surface area contributed by atoms with E-state index in [1.165, 1.54) is 36.2 Å². The summed E-state index contributed by atoms with van der Waals surface area (Å²) in [6.07, 6.45) is -3.98. The van der Waals surface area contributed by atoms with Gasteiger partial charge in [-0.3, -0.25) is 10.1 Å². The highest BCUT2D eigenvalue weighted by Crippen LogP contribution is 2.36. The zero-order chi connectivity index (χ0) is 17.9. The Labute approximate surface area is 134 Å². The molecular formula is C14H13F3N4O3. The van der Waals surface area contributed by atoms with Gasteiger partial charge in [0, 0.05) is 31.1 Å². The molecule has 0 spiro atoms. The molecule has 0 unspecified atom stereocenters. The van der Waals surface area contributed by atoms with E-state index in [0.717, 1.165) is 0 Å². The fraction of sp³-hybridized carbons (Fsp3) is 0.286. The smallest absolute Gasteiger partial charge is 0.423 e. The second-order valence-electron chi connectivity index (χ2n) is 4.65. The molecule has 24 heavy (non-hydrogen) atoms. The molecule has 0 fully saturated rings. The topological polar surface area (TPSA) is 81.4 Å². The van der Waals surface area contributed by atoms with E-state index in [-0.39, 0.29) is 18.2 Å². The molecule has 128 valence electrons. The van der Waals surface area contributed by atoms with E-state index in [1.807, 2.05) is 0 Å². The maximum absolute atomic E-state index is 12.9. The first-order chi connectivity index (χ1) is 11.2. The van der Waals surface area contributed by atoms with Crippen LogP contribution in [0, 0.1) is 10.1 Å². The number of nitrogens with zero attached hydrogens (tertiary/aromatic N) is 4. The van der Waals surface area contributed by atoms with Gasteiger partial charge < -0.3 is 9.64 Å². The zero-order valence-corrected chi connectivity index (χ0v) is 12.7. The molecule has 1 heterocycles. The monoisotopic (exact) mass is 342 g/mol. The van der Waals surface area contributed by atoms with Crippen molar-refractivity contribution in [3.63, 3.8) is 0 Å². The summed E-state index contributed by atoms with van der Waals surface area (Å²) in [7, 11) is 1.53. The average molecular weight is 342 g/mol. The minimum atomic E-state index is -4.63. The Kier molecular flexibility index (Phi) is 4.86. The van der Waals surface area contributed by atoms with E-state index in [1.54, 1.807) is 6.92 Å². The summed E-state index contributed by atoms with van der Waals surface area (Å²) in [4.78, 5) is 19.0. The van der Waals surface area contributed by atoms with Gasteiger partial charge in [0.25, 0.3) is 5.69 Å². The number of rotatable bonds is 5. The van der Waals surface area contributed by atoms with Crippen LogP contribution >= 0.6 is 0 Å². The molecule has 1 aromatic carbocycles. The maximum atomic E-state index is 12.9. The lowest BCUT2D eigenvalue weighted by Crippen LogP contribution is -2.17. The molecule has 10 heteroatoms. The van der Waals surface area contributed by atoms with Gasteiger partial charge in [0.1, 0.15) is 5.56 Å². The van der Waals surface area contributed by atoms with Crippen molar-refractivity contribution < 1.29 is 22.8 Å². The highest BCUT2D eigenvalue weighted by Gasteiger charge is 2.36. The number of anilines is 2. The number of nitro benzene ring substituents is 1. The predicted molar refractivity (Wildman–Crippen MR) is 79.4 cm³/mol. The predicted octanol–water partition coefficient (Wildman–Crippen LogP) is 3.57. The number of nitro groups is 1. The lowest BCUT2D eigenvalue weighted by Gasteiger charge is -2.19. The molecular weight excluding hydrogens is 329 g/mol. The molecule has 0 aliphatic carbocycles. The minimum absolute atomic E-state index is 0.0147. The Hall–Kier alpha value is -2.91. The lowest BCUT2D eigenvalue weighted by atomic mass is 10.2. The quantitative estimate of drug-likeness (QED) is 0.610. The third-order valence-corrected chi connectivity index (χ3v) is 3.08. The summed E-state index contributed by atoms with van der Waals surface area (Å²) >= 11 is 0. The van der Waals surface area contributed by atoms with Crippen molar-refractivity contribution in [2.24, 2.45) is 0 Å². The molecule has 0 amide bonds. The van der Waals surface area contributed by atoms with Crippen LogP contribution < -0.4 is 9.64 Å². The van der Waals surface area contributed by atoms with Crippen LogP contribution in [0.2, 0.25) is 0 Å². The van der Waals surface area contributed by atoms with Gasteiger partial charge in [-0.25, -0.2) is 4.98 Å². The van der Waals surface area contributed by atoms with Crippen LogP contribution in [0.1, 0.15) is 12.5 Å². The van der Waals surface area contributed by atoms with Crippen LogP contribution in [0.3, 0.4) is 0 Å². The first kappa shape index (κ1) is 17.4. The fourth-order valence-corrected chi connectivity index (χ4v) is 1.87. The van der Waals surface area contributed by atoms with Gasteiger partial charge in [-0.1, -0.05) is 0 Å². The number of aromatic nitrogens is 2. The molecule has 0 bridgehead atoms. The molecule has 2 aromatic rings. The Morgan fingerprint density at radius 2 is 1.92 bits per heavy atom. The van der Waals surface area contributed by atoms with E-state index in [4.69, 9.17) is 4.74 Å². The van der Waals surface area contributed by atoms with Crippen LogP contribution in [-0.2, 0) is 6.18 Å². The molecule has 0 saturated heterocycles. The summed E-state index contributed by atoms with van der Waals surface area (Å²) in [6, 6.07) is 5.44. The highest BCUT2D eigenvalue weighted by atomic mass is 19.4. The average Bonchev–Trinajstić information content (AvgIpc) is 2.53. The van der Waals surface area contributed by atoms with E-state index >= 15 is 0 Å². The Morgan fingerprint density at radius 1 is 1.29 bits per heavy atom. The van der Waals surface area contributed by atoms with E-state index in [2.05, 4.69) is 9.97 Å². The third kappa shape index (κ3) is 3.70. The molecule has 2 rings (SSSR count).